The Labute approximate surface area is 170 Å². The van der Waals surface area contributed by atoms with Gasteiger partial charge in [-0.3, -0.25) is 9.59 Å². The molecule has 0 bridgehead atoms. The van der Waals surface area contributed by atoms with E-state index in [2.05, 4.69) is 5.32 Å². The van der Waals surface area contributed by atoms with Gasteiger partial charge in [-0.1, -0.05) is 13.0 Å². The van der Waals surface area contributed by atoms with Crippen LogP contribution in [0.25, 0.3) is 0 Å². The van der Waals surface area contributed by atoms with Crippen molar-refractivity contribution in [1.82, 2.24) is 5.32 Å². The fraction of sp³-hybridized carbons (Fsp3) is 0.579. The van der Waals surface area contributed by atoms with Gasteiger partial charge in [0.25, 0.3) is 0 Å². The number of ether oxygens (including phenoxy) is 3. The fourth-order valence-corrected chi connectivity index (χ4v) is 2.76. The van der Waals surface area contributed by atoms with Crippen molar-refractivity contribution in [1.29, 1.82) is 0 Å². The molecule has 9 nitrogen and oxygen atoms in total. The van der Waals surface area contributed by atoms with E-state index < -0.39 is 37.5 Å². The summed E-state index contributed by atoms with van der Waals surface area (Å²) < 4.78 is 21.1. The summed E-state index contributed by atoms with van der Waals surface area (Å²) in [6.07, 6.45) is -0.948. The summed E-state index contributed by atoms with van der Waals surface area (Å²) >= 11 is 0. The van der Waals surface area contributed by atoms with Crippen LogP contribution in [0.2, 0.25) is 0 Å². The number of aliphatic hydroxyl groups excluding tert-OH is 1. The molecule has 0 radical (unpaired) electrons. The zero-order valence-corrected chi connectivity index (χ0v) is 17.4. The first-order valence-corrected chi connectivity index (χ1v) is 9.39. The highest BCUT2D eigenvalue weighted by molar-refractivity contribution is 6.46. The van der Waals surface area contributed by atoms with E-state index in [4.69, 9.17) is 18.9 Å². The molecule has 3 N–H and O–H groups in total. The Morgan fingerprint density at radius 2 is 2.07 bits per heavy atom. The van der Waals surface area contributed by atoms with Crippen LogP contribution in [0.5, 0.6) is 11.5 Å². The van der Waals surface area contributed by atoms with E-state index in [1.165, 1.54) is 7.11 Å². The van der Waals surface area contributed by atoms with Gasteiger partial charge in [-0.2, -0.15) is 0 Å². The second kappa shape index (κ2) is 9.47. The Bertz CT molecular complexity index is 748. The van der Waals surface area contributed by atoms with E-state index in [-0.39, 0.29) is 29.4 Å². The highest BCUT2D eigenvalue weighted by Gasteiger charge is 2.38. The number of carbonyl (C=O) groups excluding carboxylic acids is 2. The molecule has 1 amide bonds. The number of nitrogens with one attached hydrogen (secondary N) is 1. The first kappa shape index (κ1) is 23.0. The molecule has 2 atom stereocenters. The molecule has 1 aromatic carbocycles. The molecular weight excluding hydrogens is 381 g/mol. The lowest BCUT2D eigenvalue weighted by molar-refractivity contribution is -0.193. The zero-order valence-electron chi connectivity index (χ0n) is 17.4. The van der Waals surface area contributed by atoms with E-state index >= 15 is 0 Å². The average molecular weight is 409 g/mol. The second-order valence-electron chi connectivity index (χ2n) is 7.73. The number of methoxy groups -OCH3 is 1. The molecular formula is C19H28BNO8. The molecule has 1 heterocycles. The number of aliphatic hydroxyl groups is 1. The van der Waals surface area contributed by atoms with Gasteiger partial charge in [0.15, 0.2) is 13.1 Å². The Balaban J connectivity index is 2.19. The molecule has 160 valence electrons. The van der Waals surface area contributed by atoms with Crippen LogP contribution in [0.3, 0.4) is 0 Å². The molecule has 29 heavy (non-hydrogen) atoms. The minimum Gasteiger partial charge on any atom is -0.534 e. The Morgan fingerprint density at radius 3 is 2.66 bits per heavy atom. The maximum atomic E-state index is 11.8. The van der Waals surface area contributed by atoms with Crippen molar-refractivity contribution in [3.8, 4) is 11.5 Å². The minimum absolute atomic E-state index is 0.163. The van der Waals surface area contributed by atoms with Crippen molar-refractivity contribution < 1.29 is 38.6 Å². The summed E-state index contributed by atoms with van der Waals surface area (Å²) in [6, 6.07) is 3.35. The van der Waals surface area contributed by atoms with Crippen molar-refractivity contribution in [3.63, 3.8) is 0 Å². The lowest BCUT2D eigenvalue weighted by atomic mass is 9.72. The fourth-order valence-electron chi connectivity index (χ4n) is 2.76. The first-order chi connectivity index (χ1) is 13.6. The number of hydrogen-bond donors (Lipinski definition) is 3. The van der Waals surface area contributed by atoms with Gasteiger partial charge in [0.2, 0.25) is 5.91 Å². The molecule has 1 unspecified atom stereocenters. The molecule has 1 aliphatic heterocycles. The van der Waals surface area contributed by atoms with Gasteiger partial charge in [0.05, 0.1) is 24.0 Å². The van der Waals surface area contributed by atoms with Gasteiger partial charge in [0, 0.05) is 6.42 Å². The van der Waals surface area contributed by atoms with Crippen LogP contribution < -0.4 is 14.7 Å². The number of hydrogen-bond acceptors (Lipinski definition) is 8. The monoisotopic (exact) mass is 409 g/mol. The van der Waals surface area contributed by atoms with E-state index in [1.54, 1.807) is 39.8 Å². The maximum absolute atomic E-state index is 11.8. The van der Waals surface area contributed by atoms with Gasteiger partial charge in [0.1, 0.15) is 11.5 Å². The third-order valence-corrected chi connectivity index (χ3v) is 4.42. The Hall–Kier alpha value is -2.30. The summed E-state index contributed by atoms with van der Waals surface area (Å²) in [5, 5.41) is 23.5. The number of carbonyl (C=O) groups is 2. The number of rotatable bonds is 7. The van der Waals surface area contributed by atoms with Crippen molar-refractivity contribution in [3.05, 3.63) is 23.3 Å². The van der Waals surface area contributed by atoms with E-state index in [9.17, 15) is 19.7 Å². The number of fused-ring (bicyclic) bond motifs is 1. The molecule has 10 heteroatoms. The molecule has 0 saturated carbocycles. The molecule has 0 saturated heterocycles. The van der Waals surface area contributed by atoms with Crippen molar-refractivity contribution in [2.45, 2.75) is 52.8 Å². The van der Waals surface area contributed by atoms with Crippen LogP contribution >= 0.6 is 0 Å². The van der Waals surface area contributed by atoms with Crippen LogP contribution in [0, 0.1) is 5.41 Å². The van der Waals surface area contributed by atoms with Crippen LogP contribution in [-0.4, -0.2) is 49.0 Å². The first-order valence-electron chi connectivity index (χ1n) is 9.39. The van der Waals surface area contributed by atoms with Gasteiger partial charge in [-0.25, -0.2) is 0 Å². The van der Waals surface area contributed by atoms with Crippen LogP contribution in [0.1, 0.15) is 51.5 Å². The predicted octanol–water partition coefficient (Wildman–Crippen LogP) is 1.10. The molecule has 1 aliphatic rings. The Morgan fingerprint density at radius 1 is 1.38 bits per heavy atom. The van der Waals surface area contributed by atoms with Crippen molar-refractivity contribution in [2.24, 2.45) is 5.41 Å². The standard InChI is InChI=1S/C19H28BNO8/c1-6-14(22)21-13-9-11-7-8-12(26-5)15(16(11)29-20(13)25)17(23)27-10-28-18(24)19(2,3)4/h7-8,13,17,23,25H,6,9-10H2,1-5H3,(H,21,22)/t13-,17?/m0/s1. The van der Waals surface area contributed by atoms with Gasteiger partial charge < -0.3 is 34.3 Å². The topological polar surface area (TPSA) is 124 Å². The van der Waals surface area contributed by atoms with Crippen LogP contribution in [0.4, 0.5) is 0 Å². The lowest BCUT2D eigenvalue weighted by Crippen LogP contribution is -2.53. The summed E-state index contributed by atoms with van der Waals surface area (Å²) in [6.45, 7) is 6.34. The summed E-state index contributed by atoms with van der Waals surface area (Å²) in [5.41, 5.74) is 0.112. The number of benzene rings is 1. The average Bonchev–Trinajstić information content (AvgIpc) is 2.66. The van der Waals surface area contributed by atoms with Gasteiger partial charge in [-0.05, 0) is 38.8 Å². The smallest absolute Gasteiger partial charge is 0.534 e. The molecule has 2 rings (SSSR count). The molecule has 0 aliphatic carbocycles. The predicted molar refractivity (Wildman–Crippen MR) is 104 cm³/mol. The summed E-state index contributed by atoms with van der Waals surface area (Å²) in [4.78, 5) is 23.5. The van der Waals surface area contributed by atoms with Crippen molar-refractivity contribution in [2.75, 3.05) is 13.9 Å². The second-order valence-corrected chi connectivity index (χ2v) is 7.73. The zero-order chi connectivity index (χ0) is 21.8. The van der Waals surface area contributed by atoms with Crippen LogP contribution in [0.15, 0.2) is 12.1 Å². The number of amides is 1. The van der Waals surface area contributed by atoms with Crippen molar-refractivity contribution >= 4 is 19.0 Å². The number of esters is 1. The van der Waals surface area contributed by atoms with Gasteiger partial charge in [-0.15, -0.1) is 0 Å². The Kier molecular flexibility index (Phi) is 7.51. The maximum Gasteiger partial charge on any atom is 0.547 e. The third-order valence-electron chi connectivity index (χ3n) is 4.42. The van der Waals surface area contributed by atoms with Crippen LogP contribution in [-0.2, 0) is 25.5 Å². The molecule has 0 fully saturated rings. The highest BCUT2D eigenvalue weighted by Crippen LogP contribution is 2.40. The third kappa shape index (κ3) is 5.62. The van der Waals surface area contributed by atoms with E-state index in [1.807, 2.05) is 0 Å². The lowest BCUT2D eigenvalue weighted by Gasteiger charge is -2.31. The summed E-state index contributed by atoms with van der Waals surface area (Å²) in [7, 11) is 0.107. The summed E-state index contributed by atoms with van der Waals surface area (Å²) in [5.74, 6) is -0.830. The van der Waals surface area contributed by atoms with E-state index in [0.29, 0.717) is 12.0 Å². The highest BCUT2D eigenvalue weighted by atomic mass is 16.7. The van der Waals surface area contributed by atoms with E-state index in [0.717, 1.165) is 0 Å². The normalized spacial score (nSPS) is 17.1. The minimum atomic E-state index is -1.53. The largest absolute Gasteiger partial charge is 0.547 e. The molecule has 0 spiro atoms. The van der Waals surface area contributed by atoms with Gasteiger partial charge >= 0.3 is 13.1 Å². The SMILES string of the molecule is CCC(=O)N[C@H]1Cc2ccc(OC)c(C(O)OCOC(=O)C(C)(C)C)c2OB1O. The molecule has 1 aromatic rings. The molecule has 0 aromatic heterocycles. The quantitative estimate of drug-likeness (QED) is 0.348.